The Kier molecular flexibility index (Phi) is 8.09. The molecule has 0 N–H and O–H groups in total. The summed E-state index contributed by atoms with van der Waals surface area (Å²) in [5, 5.41) is 0. The highest BCUT2D eigenvalue weighted by Crippen LogP contribution is 2.27. The first-order chi connectivity index (χ1) is 15.8. The standard InChI is InChI=1S/C29H29NO2S/c1-5-13-28(22-27-16-10-7-11-17-27)30(19-12-18-26-14-8-6-9-15-26)33(31,32)29-24(3)20-23(2)21-25(29)4/h6-11,13-17,20-21,28H,1,19,22H2,2-4H3/t28-/m1/s1. The van der Waals surface area contributed by atoms with E-state index in [0.717, 1.165) is 27.8 Å². The second-order valence-electron chi connectivity index (χ2n) is 8.07. The minimum Gasteiger partial charge on any atom is -0.207 e. The minimum atomic E-state index is -3.84. The van der Waals surface area contributed by atoms with E-state index < -0.39 is 16.1 Å². The summed E-state index contributed by atoms with van der Waals surface area (Å²) in [7, 11) is -3.84. The van der Waals surface area contributed by atoms with Gasteiger partial charge in [-0.1, -0.05) is 84.6 Å². The number of nitrogens with zero attached hydrogens (tertiary/aromatic N) is 1. The smallest absolute Gasteiger partial charge is 0.207 e. The maximum Gasteiger partial charge on any atom is 0.245 e. The quantitative estimate of drug-likeness (QED) is 0.343. The first kappa shape index (κ1) is 24.3. The summed E-state index contributed by atoms with van der Waals surface area (Å²) in [5.41, 5.74) is 7.18. The van der Waals surface area contributed by atoms with Gasteiger partial charge >= 0.3 is 0 Å². The molecule has 0 amide bonds. The summed E-state index contributed by atoms with van der Waals surface area (Å²) in [5.74, 6) is 6.17. The Morgan fingerprint density at radius 2 is 1.52 bits per heavy atom. The normalized spacial score (nSPS) is 11.9. The van der Waals surface area contributed by atoms with Crippen LogP contribution >= 0.6 is 0 Å². The van der Waals surface area contributed by atoms with Crippen LogP contribution in [0.3, 0.4) is 0 Å². The van der Waals surface area contributed by atoms with Gasteiger partial charge < -0.3 is 0 Å². The molecule has 0 fully saturated rings. The van der Waals surface area contributed by atoms with Gasteiger partial charge in [-0.05, 0) is 62.1 Å². The molecule has 1 atom stereocenters. The summed E-state index contributed by atoms with van der Waals surface area (Å²) in [6, 6.07) is 22.7. The van der Waals surface area contributed by atoms with Gasteiger partial charge in [0.05, 0.1) is 17.5 Å². The number of benzene rings is 3. The van der Waals surface area contributed by atoms with Crippen LogP contribution < -0.4 is 0 Å². The lowest BCUT2D eigenvalue weighted by Crippen LogP contribution is -2.41. The fraction of sp³-hybridized carbons (Fsp3) is 0.207. The predicted octanol–water partition coefficient (Wildman–Crippen LogP) is 5.61. The van der Waals surface area contributed by atoms with Crippen molar-refractivity contribution in [1.29, 1.82) is 0 Å². The number of sulfonamides is 1. The maximum atomic E-state index is 14.0. The lowest BCUT2D eigenvalue weighted by molar-refractivity contribution is 0.391. The minimum absolute atomic E-state index is 0.0552. The highest BCUT2D eigenvalue weighted by atomic mass is 32.2. The van der Waals surface area contributed by atoms with E-state index in [9.17, 15) is 8.42 Å². The van der Waals surface area contributed by atoms with Crippen molar-refractivity contribution >= 4 is 10.0 Å². The average molecular weight is 456 g/mol. The Morgan fingerprint density at radius 1 is 0.939 bits per heavy atom. The van der Waals surface area contributed by atoms with Crippen molar-refractivity contribution in [2.45, 2.75) is 38.1 Å². The molecule has 0 aromatic heterocycles. The zero-order valence-electron chi connectivity index (χ0n) is 19.4. The molecule has 3 aromatic carbocycles. The third kappa shape index (κ3) is 6.12. The Hall–Kier alpha value is -3.35. The summed E-state index contributed by atoms with van der Waals surface area (Å²) >= 11 is 0. The van der Waals surface area contributed by atoms with E-state index in [1.807, 2.05) is 93.6 Å². The molecule has 0 radical (unpaired) electrons. The van der Waals surface area contributed by atoms with E-state index >= 15 is 0 Å². The summed E-state index contributed by atoms with van der Waals surface area (Å²) in [4.78, 5) is 0.338. The number of rotatable bonds is 7. The number of hydrogen-bond acceptors (Lipinski definition) is 2. The fourth-order valence-electron chi connectivity index (χ4n) is 4.05. The van der Waals surface area contributed by atoms with Crippen LogP contribution in [0.1, 0.15) is 27.8 Å². The van der Waals surface area contributed by atoms with Gasteiger partial charge in [-0.25, -0.2) is 8.42 Å². The molecular weight excluding hydrogens is 426 g/mol. The molecule has 0 aliphatic heterocycles. The number of aryl methyl sites for hydroxylation is 3. The van der Waals surface area contributed by atoms with E-state index in [0.29, 0.717) is 11.3 Å². The summed E-state index contributed by atoms with van der Waals surface area (Å²) < 4.78 is 29.5. The molecule has 33 heavy (non-hydrogen) atoms. The van der Waals surface area contributed by atoms with Crippen LogP contribution in [-0.2, 0) is 16.4 Å². The highest BCUT2D eigenvalue weighted by molar-refractivity contribution is 7.89. The molecule has 0 saturated carbocycles. The SMILES string of the molecule is C=C=C[C@H](Cc1ccccc1)N(CC#Cc1ccccc1)S(=O)(=O)c1c(C)cc(C)cc1C. The molecule has 0 heterocycles. The molecule has 3 nitrogen and oxygen atoms in total. The van der Waals surface area contributed by atoms with Crippen LogP contribution in [0.15, 0.2) is 96.1 Å². The predicted molar refractivity (Wildman–Crippen MR) is 136 cm³/mol. The van der Waals surface area contributed by atoms with Crippen LogP contribution in [0.5, 0.6) is 0 Å². The molecule has 3 rings (SSSR count). The van der Waals surface area contributed by atoms with Crippen molar-refractivity contribution in [2.75, 3.05) is 6.54 Å². The summed E-state index contributed by atoms with van der Waals surface area (Å²) in [6.07, 6.45) is 2.22. The first-order valence-corrected chi connectivity index (χ1v) is 12.3. The molecular formula is C29H29NO2S. The Labute approximate surface area is 198 Å². The molecule has 0 spiro atoms. The van der Waals surface area contributed by atoms with Gasteiger partial charge in [0, 0.05) is 5.56 Å². The van der Waals surface area contributed by atoms with Gasteiger partial charge in [0.2, 0.25) is 10.0 Å². The monoisotopic (exact) mass is 455 g/mol. The van der Waals surface area contributed by atoms with Crippen molar-refractivity contribution in [2.24, 2.45) is 0 Å². The van der Waals surface area contributed by atoms with Crippen LogP contribution in [0, 0.1) is 32.6 Å². The zero-order valence-corrected chi connectivity index (χ0v) is 20.2. The van der Waals surface area contributed by atoms with Gasteiger partial charge in [0.25, 0.3) is 0 Å². The summed E-state index contributed by atoms with van der Waals surface area (Å²) in [6.45, 7) is 9.43. The maximum absolute atomic E-state index is 14.0. The molecule has 0 bridgehead atoms. The molecule has 0 saturated heterocycles. The molecule has 0 aliphatic carbocycles. The Balaban J connectivity index is 2.09. The third-order valence-electron chi connectivity index (χ3n) is 5.38. The van der Waals surface area contributed by atoms with Crippen molar-refractivity contribution in [1.82, 2.24) is 4.31 Å². The lowest BCUT2D eigenvalue weighted by atomic mass is 10.1. The van der Waals surface area contributed by atoms with E-state index in [1.54, 1.807) is 6.08 Å². The van der Waals surface area contributed by atoms with Crippen LogP contribution in [0.4, 0.5) is 0 Å². The molecule has 0 aliphatic rings. The second-order valence-corrected chi connectivity index (χ2v) is 9.90. The Morgan fingerprint density at radius 3 is 2.09 bits per heavy atom. The zero-order chi connectivity index (χ0) is 23.8. The lowest BCUT2D eigenvalue weighted by Gasteiger charge is -2.28. The van der Waals surface area contributed by atoms with E-state index in [2.05, 4.69) is 24.2 Å². The largest absolute Gasteiger partial charge is 0.245 e. The molecule has 0 unspecified atom stereocenters. The van der Waals surface area contributed by atoms with Crippen LogP contribution in [-0.4, -0.2) is 25.3 Å². The second kappa shape index (κ2) is 11.0. The first-order valence-electron chi connectivity index (χ1n) is 10.9. The van der Waals surface area contributed by atoms with E-state index in [-0.39, 0.29) is 6.54 Å². The van der Waals surface area contributed by atoms with Crippen molar-refractivity contribution in [3.63, 3.8) is 0 Å². The topological polar surface area (TPSA) is 37.4 Å². The average Bonchev–Trinajstić information content (AvgIpc) is 2.77. The van der Waals surface area contributed by atoms with Gasteiger partial charge in [-0.15, -0.1) is 5.73 Å². The van der Waals surface area contributed by atoms with E-state index in [1.165, 1.54) is 4.31 Å². The molecule has 4 heteroatoms. The number of hydrogen-bond donors (Lipinski definition) is 0. The molecule has 3 aromatic rings. The fourth-order valence-corrected chi connectivity index (χ4v) is 5.94. The highest BCUT2D eigenvalue weighted by Gasteiger charge is 2.32. The Bertz CT molecular complexity index is 1290. The molecule has 168 valence electrons. The van der Waals surface area contributed by atoms with Crippen LogP contribution in [0.25, 0.3) is 0 Å². The third-order valence-corrected chi connectivity index (χ3v) is 7.56. The van der Waals surface area contributed by atoms with Gasteiger partial charge in [0.15, 0.2) is 0 Å². The van der Waals surface area contributed by atoms with Crippen molar-refractivity contribution in [3.8, 4) is 11.8 Å². The van der Waals surface area contributed by atoms with Gasteiger partial charge in [-0.3, -0.25) is 0 Å². The van der Waals surface area contributed by atoms with Crippen molar-refractivity contribution < 1.29 is 8.42 Å². The van der Waals surface area contributed by atoms with Crippen LogP contribution in [0.2, 0.25) is 0 Å². The van der Waals surface area contributed by atoms with Gasteiger partial charge in [-0.2, -0.15) is 4.31 Å². The van der Waals surface area contributed by atoms with Crippen molar-refractivity contribution in [3.05, 3.63) is 119 Å². The van der Waals surface area contributed by atoms with E-state index in [4.69, 9.17) is 0 Å². The van der Waals surface area contributed by atoms with Gasteiger partial charge in [0.1, 0.15) is 0 Å².